The van der Waals surface area contributed by atoms with Gasteiger partial charge >= 0.3 is 6.61 Å². The van der Waals surface area contributed by atoms with E-state index in [0.29, 0.717) is 18.8 Å². The third-order valence-electron chi connectivity index (χ3n) is 4.78. The van der Waals surface area contributed by atoms with Crippen molar-refractivity contribution in [3.8, 4) is 5.75 Å². The molecule has 0 spiro atoms. The first-order chi connectivity index (χ1) is 14.7. The quantitative estimate of drug-likeness (QED) is 0.725. The van der Waals surface area contributed by atoms with Crippen molar-refractivity contribution >= 4 is 27.5 Å². The lowest BCUT2D eigenvalue weighted by atomic mass is 10.2. The highest BCUT2D eigenvalue weighted by Gasteiger charge is 2.29. The number of carbonyl (C=O) groups is 2. The lowest BCUT2D eigenvalue weighted by Crippen LogP contribution is -2.49. The van der Waals surface area contributed by atoms with Crippen LogP contribution in [0.4, 0.5) is 14.5 Å². The highest BCUT2D eigenvalue weighted by molar-refractivity contribution is 7.89. The lowest BCUT2D eigenvalue weighted by Gasteiger charge is -2.33. The molecule has 166 valence electrons. The van der Waals surface area contributed by atoms with Gasteiger partial charge in [0.1, 0.15) is 5.75 Å². The zero-order chi connectivity index (χ0) is 22.6. The Balaban J connectivity index is 1.64. The number of ether oxygens (including phenoxy) is 1. The molecule has 2 aromatic carbocycles. The number of nitrogens with zero attached hydrogens (tertiary/aromatic N) is 2. The second-order valence-electron chi connectivity index (χ2n) is 6.79. The molecule has 31 heavy (non-hydrogen) atoms. The van der Waals surface area contributed by atoms with Gasteiger partial charge in [-0.15, -0.1) is 0 Å². The average Bonchev–Trinajstić information content (AvgIpc) is 2.75. The SMILES string of the molecule is CC(=O)N1CCN(S(=O)(=O)c2ccc(C(=O)Nc3ccc(OC(F)F)cc3)cc2)CC1. The predicted molar refractivity (Wildman–Crippen MR) is 108 cm³/mol. The zero-order valence-electron chi connectivity index (χ0n) is 16.6. The molecule has 1 heterocycles. The number of nitrogens with one attached hydrogen (secondary N) is 1. The number of hydrogen-bond acceptors (Lipinski definition) is 5. The van der Waals surface area contributed by atoms with Gasteiger partial charge in [0, 0.05) is 44.4 Å². The summed E-state index contributed by atoms with van der Waals surface area (Å²) < 4.78 is 55.5. The van der Waals surface area contributed by atoms with Crippen molar-refractivity contribution < 1.29 is 31.5 Å². The van der Waals surface area contributed by atoms with E-state index in [1.165, 1.54) is 59.8 Å². The first-order valence-corrected chi connectivity index (χ1v) is 10.8. The fourth-order valence-electron chi connectivity index (χ4n) is 3.09. The third kappa shape index (κ3) is 5.56. The van der Waals surface area contributed by atoms with Gasteiger partial charge in [-0.05, 0) is 48.5 Å². The second kappa shape index (κ2) is 9.40. The molecule has 1 aliphatic rings. The maximum atomic E-state index is 12.8. The molecule has 0 saturated carbocycles. The van der Waals surface area contributed by atoms with Crippen LogP contribution in [0.2, 0.25) is 0 Å². The van der Waals surface area contributed by atoms with Gasteiger partial charge < -0.3 is 15.0 Å². The van der Waals surface area contributed by atoms with Gasteiger partial charge in [0.25, 0.3) is 5.91 Å². The molecule has 0 aliphatic carbocycles. The van der Waals surface area contributed by atoms with Crippen LogP contribution in [0.5, 0.6) is 5.75 Å². The molecule has 3 rings (SSSR count). The summed E-state index contributed by atoms with van der Waals surface area (Å²) in [7, 11) is -3.74. The topological polar surface area (TPSA) is 96.0 Å². The Morgan fingerprint density at radius 1 is 0.968 bits per heavy atom. The van der Waals surface area contributed by atoms with E-state index in [0.717, 1.165) is 0 Å². The maximum Gasteiger partial charge on any atom is 0.387 e. The number of hydrogen-bond donors (Lipinski definition) is 1. The Hall–Kier alpha value is -3.05. The Morgan fingerprint density at radius 3 is 2.06 bits per heavy atom. The highest BCUT2D eigenvalue weighted by Crippen LogP contribution is 2.20. The number of anilines is 1. The van der Waals surface area contributed by atoms with Crippen molar-refractivity contribution in [2.75, 3.05) is 31.5 Å². The molecule has 1 N–H and O–H groups in total. The average molecular weight is 453 g/mol. The normalized spacial score (nSPS) is 15.0. The summed E-state index contributed by atoms with van der Waals surface area (Å²) in [6, 6.07) is 10.9. The summed E-state index contributed by atoms with van der Waals surface area (Å²) >= 11 is 0. The second-order valence-corrected chi connectivity index (χ2v) is 8.73. The molecule has 0 atom stereocenters. The highest BCUT2D eigenvalue weighted by atomic mass is 32.2. The van der Waals surface area contributed by atoms with Crippen molar-refractivity contribution in [2.24, 2.45) is 0 Å². The lowest BCUT2D eigenvalue weighted by molar-refractivity contribution is -0.129. The van der Waals surface area contributed by atoms with Crippen LogP contribution in [-0.2, 0) is 14.8 Å². The molecule has 1 saturated heterocycles. The van der Waals surface area contributed by atoms with E-state index < -0.39 is 22.5 Å². The van der Waals surface area contributed by atoms with E-state index in [1.54, 1.807) is 4.90 Å². The summed E-state index contributed by atoms with van der Waals surface area (Å²) in [6.45, 7) is -0.426. The summed E-state index contributed by atoms with van der Waals surface area (Å²) in [4.78, 5) is 25.4. The van der Waals surface area contributed by atoms with Crippen LogP contribution >= 0.6 is 0 Å². The predicted octanol–water partition coefficient (Wildman–Crippen LogP) is 2.39. The van der Waals surface area contributed by atoms with E-state index >= 15 is 0 Å². The summed E-state index contributed by atoms with van der Waals surface area (Å²) in [5.74, 6) is -0.614. The van der Waals surface area contributed by atoms with E-state index in [2.05, 4.69) is 10.1 Å². The van der Waals surface area contributed by atoms with Gasteiger partial charge in [-0.3, -0.25) is 9.59 Å². The van der Waals surface area contributed by atoms with Crippen LogP contribution < -0.4 is 10.1 Å². The molecule has 11 heteroatoms. The minimum Gasteiger partial charge on any atom is -0.435 e. The Morgan fingerprint density at radius 2 is 1.55 bits per heavy atom. The monoisotopic (exact) mass is 453 g/mol. The van der Waals surface area contributed by atoms with Gasteiger partial charge in [0.05, 0.1) is 4.90 Å². The number of rotatable bonds is 6. The standard InChI is InChI=1S/C20H21F2N3O5S/c1-14(26)24-10-12-25(13-11-24)31(28,29)18-8-2-15(3-9-18)19(27)23-16-4-6-17(7-5-16)30-20(21)22/h2-9,20H,10-13H2,1H3,(H,23,27). The van der Waals surface area contributed by atoms with Gasteiger partial charge in [0.15, 0.2) is 0 Å². The molecule has 2 aromatic rings. The molecular formula is C20H21F2N3O5S. The smallest absolute Gasteiger partial charge is 0.387 e. The van der Waals surface area contributed by atoms with Gasteiger partial charge in [-0.1, -0.05) is 0 Å². The Labute approximate surface area is 178 Å². The maximum absolute atomic E-state index is 12.8. The number of alkyl halides is 2. The van der Waals surface area contributed by atoms with E-state index in [-0.39, 0.29) is 35.2 Å². The number of carbonyl (C=O) groups excluding carboxylic acids is 2. The summed E-state index contributed by atoms with van der Waals surface area (Å²) in [5, 5.41) is 2.60. The molecule has 0 bridgehead atoms. The first-order valence-electron chi connectivity index (χ1n) is 9.39. The van der Waals surface area contributed by atoms with E-state index in [1.807, 2.05) is 0 Å². The van der Waals surface area contributed by atoms with Gasteiger partial charge in [-0.25, -0.2) is 8.42 Å². The molecule has 0 aromatic heterocycles. The Bertz CT molecular complexity index is 1040. The van der Waals surface area contributed by atoms with Crippen molar-refractivity contribution in [2.45, 2.75) is 18.4 Å². The van der Waals surface area contributed by atoms with Crippen LogP contribution in [-0.4, -0.2) is 62.2 Å². The van der Waals surface area contributed by atoms with E-state index in [9.17, 15) is 26.8 Å². The van der Waals surface area contributed by atoms with Crippen molar-refractivity contribution in [1.82, 2.24) is 9.21 Å². The molecule has 8 nitrogen and oxygen atoms in total. The molecule has 1 aliphatic heterocycles. The number of piperazine rings is 1. The third-order valence-corrected chi connectivity index (χ3v) is 6.69. The Kier molecular flexibility index (Phi) is 6.86. The number of benzene rings is 2. The summed E-state index contributed by atoms with van der Waals surface area (Å²) in [5.41, 5.74) is 0.597. The van der Waals surface area contributed by atoms with Crippen LogP contribution in [0.3, 0.4) is 0 Å². The van der Waals surface area contributed by atoms with Gasteiger partial charge in [-0.2, -0.15) is 13.1 Å². The van der Waals surface area contributed by atoms with Crippen molar-refractivity contribution in [3.05, 3.63) is 54.1 Å². The number of amides is 2. The molecule has 2 amide bonds. The van der Waals surface area contributed by atoms with Crippen LogP contribution in [0, 0.1) is 0 Å². The first kappa shape index (κ1) is 22.6. The molecule has 1 fully saturated rings. The van der Waals surface area contributed by atoms with Crippen LogP contribution in [0.1, 0.15) is 17.3 Å². The fourth-order valence-corrected chi connectivity index (χ4v) is 4.52. The minimum atomic E-state index is -3.74. The minimum absolute atomic E-state index is 0.0355. The fraction of sp³-hybridized carbons (Fsp3) is 0.300. The van der Waals surface area contributed by atoms with Gasteiger partial charge in [0.2, 0.25) is 15.9 Å². The summed E-state index contributed by atoms with van der Waals surface area (Å²) in [6.07, 6.45) is 0. The van der Waals surface area contributed by atoms with Crippen molar-refractivity contribution in [1.29, 1.82) is 0 Å². The molecular weight excluding hydrogens is 432 g/mol. The molecule has 0 unspecified atom stereocenters. The van der Waals surface area contributed by atoms with Crippen LogP contribution in [0.15, 0.2) is 53.4 Å². The largest absolute Gasteiger partial charge is 0.435 e. The number of halogens is 2. The van der Waals surface area contributed by atoms with Crippen molar-refractivity contribution in [3.63, 3.8) is 0 Å². The number of sulfonamides is 1. The van der Waals surface area contributed by atoms with E-state index in [4.69, 9.17) is 0 Å². The molecule has 0 radical (unpaired) electrons. The van der Waals surface area contributed by atoms with Crippen LogP contribution in [0.25, 0.3) is 0 Å². The zero-order valence-corrected chi connectivity index (χ0v) is 17.4.